The van der Waals surface area contributed by atoms with Crippen molar-refractivity contribution in [2.75, 3.05) is 19.9 Å². The largest absolute Gasteiger partial charge is 0.547 e. The van der Waals surface area contributed by atoms with Gasteiger partial charge in [-0.2, -0.15) is 0 Å². The van der Waals surface area contributed by atoms with Crippen molar-refractivity contribution in [1.82, 2.24) is 30.9 Å². The number of benzene rings is 1. The fraction of sp³-hybridized carbons (Fsp3) is 0.520. The van der Waals surface area contributed by atoms with E-state index in [1.54, 1.807) is 12.1 Å². The van der Waals surface area contributed by atoms with E-state index in [1.165, 1.54) is 16.9 Å². The number of amides is 2. The van der Waals surface area contributed by atoms with E-state index in [1.807, 2.05) is 13.8 Å². The van der Waals surface area contributed by atoms with Gasteiger partial charge in [-0.3, -0.25) is 14.4 Å². The predicted octanol–water partition coefficient (Wildman–Crippen LogP) is -0.397. The maximum Gasteiger partial charge on any atom is 0.547 e. The molecule has 40 heavy (non-hydrogen) atoms. The Kier molecular flexibility index (Phi) is 9.72. The van der Waals surface area contributed by atoms with Crippen LogP contribution in [0.5, 0.6) is 5.75 Å². The summed E-state index contributed by atoms with van der Waals surface area (Å²) in [7, 11) is -1.45. The fourth-order valence-corrected chi connectivity index (χ4v) is 4.58. The minimum atomic E-state index is -1.45. The molecule has 1 aromatic carbocycles. The number of fused-ring (bicyclic) bond motifs is 1. The standard InChI is InChI=1S/C25H33BN6O8/c1-3-15(4-2)24(35)38-14-39-25(36)18-7-5-6-16-10-20(26(37)40-22(16)18)29-21(33)13-32-12-19(30-31-32)23(34)28-17-8-9-27-11-17/h5-7,12,15,17,20,27,37H,3-4,8-11,13-14H2,1-2H3,(H,28,34)(H,29,33)/t17-,20-/m0/s1. The van der Waals surface area contributed by atoms with Gasteiger partial charge in [0.25, 0.3) is 5.91 Å². The van der Waals surface area contributed by atoms with Gasteiger partial charge >= 0.3 is 19.1 Å². The molecule has 1 fully saturated rings. The van der Waals surface area contributed by atoms with Crippen LogP contribution in [0.2, 0.25) is 0 Å². The summed E-state index contributed by atoms with van der Waals surface area (Å²) < 4.78 is 16.9. The number of para-hydroxylation sites is 1. The van der Waals surface area contributed by atoms with Crippen LogP contribution in [-0.2, 0) is 32.0 Å². The molecule has 4 N–H and O–H groups in total. The Bertz CT molecular complexity index is 1230. The SMILES string of the molecule is CCC(CC)C(=O)OCOC(=O)c1cccc2c1OB(O)[C@@H](NC(=O)Cn1cc(C(=O)N[C@H]3CCNC3)nn1)C2. The van der Waals surface area contributed by atoms with Crippen LogP contribution in [0.15, 0.2) is 24.4 Å². The summed E-state index contributed by atoms with van der Waals surface area (Å²) in [6.07, 6.45) is 3.62. The van der Waals surface area contributed by atoms with Crippen LogP contribution in [-0.4, -0.2) is 82.8 Å². The van der Waals surface area contributed by atoms with E-state index >= 15 is 0 Å². The quantitative estimate of drug-likeness (QED) is 0.161. The zero-order valence-corrected chi connectivity index (χ0v) is 22.4. The van der Waals surface area contributed by atoms with Crippen molar-refractivity contribution in [1.29, 1.82) is 0 Å². The summed E-state index contributed by atoms with van der Waals surface area (Å²) in [5.41, 5.74) is 0.723. The molecule has 1 saturated heterocycles. The molecule has 0 spiro atoms. The van der Waals surface area contributed by atoms with Crippen LogP contribution < -0.4 is 20.6 Å². The van der Waals surface area contributed by atoms with Gasteiger partial charge in [-0.1, -0.05) is 31.2 Å². The second-order valence-corrected chi connectivity index (χ2v) is 9.67. The molecule has 2 atom stereocenters. The summed E-state index contributed by atoms with van der Waals surface area (Å²) in [6, 6.07) is 4.81. The Morgan fingerprint density at radius 1 is 1.23 bits per heavy atom. The number of rotatable bonds is 11. The van der Waals surface area contributed by atoms with Crippen LogP contribution >= 0.6 is 0 Å². The van der Waals surface area contributed by atoms with E-state index in [4.69, 9.17) is 14.1 Å². The molecule has 0 unspecified atom stereocenters. The van der Waals surface area contributed by atoms with E-state index in [9.17, 15) is 24.2 Å². The number of carbonyl (C=O) groups is 4. The lowest BCUT2D eigenvalue weighted by molar-refractivity contribution is -0.157. The lowest BCUT2D eigenvalue weighted by Gasteiger charge is -2.29. The van der Waals surface area contributed by atoms with Crippen LogP contribution in [0.25, 0.3) is 0 Å². The summed E-state index contributed by atoms with van der Waals surface area (Å²) in [6.45, 7) is 4.49. The lowest BCUT2D eigenvalue weighted by atomic mass is 9.72. The first-order valence-electron chi connectivity index (χ1n) is 13.3. The zero-order chi connectivity index (χ0) is 28.6. The van der Waals surface area contributed by atoms with Gasteiger partial charge in [0.1, 0.15) is 17.9 Å². The van der Waals surface area contributed by atoms with Crippen molar-refractivity contribution in [2.45, 2.75) is 58.1 Å². The molecule has 0 aliphatic carbocycles. The summed E-state index contributed by atoms with van der Waals surface area (Å²) in [4.78, 5) is 49.6. The number of esters is 2. The Hall–Kier alpha value is -3.98. The second-order valence-electron chi connectivity index (χ2n) is 9.67. The number of aromatic nitrogens is 3. The van der Waals surface area contributed by atoms with Crippen molar-refractivity contribution in [3.05, 3.63) is 41.2 Å². The molecule has 0 bridgehead atoms. The summed E-state index contributed by atoms with van der Waals surface area (Å²) >= 11 is 0. The smallest absolute Gasteiger partial charge is 0.534 e. The van der Waals surface area contributed by atoms with E-state index in [-0.39, 0.29) is 47.8 Å². The monoisotopic (exact) mass is 556 g/mol. The normalized spacial score (nSPS) is 18.1. The Morgan fingerprint density at radius 2 is 2.02 bits per heavy atom. The van der Waals surface area contributed by atoms with Crippen molar-refractivity contribution >= 4 is 30.9 Å². The molecule has 2 aromatic rings. The van der Waals surface area contributed by atoms with Gasteiger partial charge < -0.3 is 35.1 Å². The molecule has 14 nitrogen and oxygen atoms in total. The minimum Gasteiger partial charge on any atom is -0.534 e. The van der Waals surface area contributed by atoms with E-state index in [0.717, 1.165) is 13.0 Å². The highest BCUT2D eigenvalue weighted by Gasteiger charge is 2.38. The third kappa shape index (κ3) is 7.15. The first kappa shape index (κ1) is 29.0. The molecular weight excluding hydrogens is 523 g/mol. The highest BCUT2D eigenvalue weighted by molar-refractivity contribution is 6.47. The molecule has 0 saturated carbocycles. The average Bonchev–Trinajstić information content (AvgIpc) is 3.62. The predicted molar refractivity (Wildman–Crippen MR) is 140 cm³/mol. The Morgan fingerprint density at radius 3 is 2.75 bits per heavy atom. The number of nitrogens with one attached hydrogen (secondary N) is 3. The molecule has 2 aliphatic heterocycles. The van der Waals surface area contributed by atoms with Gasteiger partial charge in [0, 0.05) is 12.6 Å². The number of ether oxygens (including phenoxy) is 2. The average molecular weight is 556 g/mol. The van der Waals surface area contributed by atoms with Gasteiger partial charge in [0.05, 0.1) is 18.1 Å². The summed E-state index contributed by atoms with van der Waals surface area (Å²) in [5, 5.41) is 26.9. The van der Waals surface area contributed by atoms with Crippen molar-refractivity contribution in [2.24, 2.45) is 5.92 Å². The number of hydrogen-bond acceptors (Lipinski definition) is 11. The third-order valence-electron chi connectivity index (χ3n) is 6.87. The van der Waals surface area contributed by atoms with Gasteiger partial charge in [0.2, 0.25) is 12.7 Å². The first-order valence-corrected chi connectivity index (χ1v) is 13.3. The Balaban J connectivity index is 1.30. The second kappa shape index (κ2) is 13.4. The van der Waals surface area contributed by atoms with Gasteiger partial charge in [-0.15, -0.1) is 5.10 Å². The van der Waals surface area contributed by atoms with E-state index < -0.39 is 37.7 Å². The molecule has 0 radical (unpaired) electrons. The minimum absolute atomic E-state index is 0.0240. The van der Waals surface area contributed by atoms with Crippen molar-refractivity contribution in [3.8, 4) is 5.75 Å². The number of nitrogens with zero attached hydrogens (tertiary/aromatic N) is 3. The van der Waals surface area contributed by atoms with Crippen LogP contribution in [0, 0.1) is 5.92 Å². The molecular formula is C25H33BN6O8. The van der Waals surface area contributed by atoms with E-state index in [2.05, 4.69) is 26.3 Å². The highest BCUT2D eigenvalue weighted by Crippen LogP contribution is 2.30. The molecule has 1 aromatic heterocycles. The van der Waals surface area contributed by atoms with Gasteiger partial charge in [-0.05, 0) is 43.9 Å². The topological polar surface area (TPSA) is 183 Å². The Labute approximate surface area is 231 Å². The van der Waals surface area contributed by atoms with Crippen molar-refractivity contribution in [3.63, 3.8) is 0 Å². The van der Waals surface area contributed by atoms with Crippen molar-refractivity contribution < 1.29 is 38.3 Å². The van der Waals surface area contributed by atoms with Crippen LogP contribution in [0.4, 0.5) is 0 Å². The maximum absolute atomic E-state index is 12.6. The zero-order valence-electron chi connectivity index (χ0n) is 22.4. The van der Waals surface area contributed by atoms with Crippen LogP contribution in [0.3, 0.4) is 0 Å². The van der Waals surface area contributed by atoms with Gasteiger partial charge in [-0.25, -0.2) is 9.48 Å². The molecule has 2 aliphatic rings. The number of carbonyl (C=O) groups excluding carboxylic acids is 4. The highest BCUT2D eigenvalue weighted by atomic mass is 16.7. The first-order chi connectivity index (χ1) is 19.3. The third-order valence-corrected chi connectivity index (χ3v) is 6.87. The lowest BCUT2D eigenvalue weighted by Crippen LogP contribution is -2.53. The van der Waals surface area contributed by atoms with Gasteiger partial charge in [0.15, 0.2) is 5.69 Å². The van der Waals surface area contributed by atoms with Crippen LogP contribution in [0.1, 0.15) is 59.5 Å². The number of hydrogen-bond donors (Lipinski definition) is 4. The molecule has 4 rings (SSSR count). The molecule has 3 heterocycles. The molecule has 214 valence electrons. The summed E-state index contributed by atoms with van der Waals surface area (Å²) in [5.74, 6) is -3.02. The molecule has 2 amide bonds. The van der Waals surface area contributed by atoms with E-state index in [0.29, 0.717) is 24.9 Å². The maximum atomic E-state index is 12.6. The fourth-order valence-electron chi connectivity index (χ4n) is 4.58. The molecule has 15 heteroatoms.